The summed E-state index contributed by atoms with van der Waals surface area (Å²) in [6, 6.07) is 16.6. The fraction of sp³-hybridized carbons (Fsp3) is 0.567. The Bertz CT molecular complexity index is 811. The van der Waals surface area contributed by atoms with E-state index in [-0.39, 0.29) is 11.4 Å². The van der Waals surface area contributed by atoms with Gasteiger partial charge in [0, 0.05) is 6.92 Å². The minimum Gasteiger partial charge on any atom is -0.497 e. The SMILES string of the molecule is CC.CC.COc1ccc(C(C)(C)C2CCC(C)(Cc3ccc(OC(C)=O)cc3)CC2)cc1. The van der Waals surface area contributed by atoms with Crippen molar-refractivity contribution in [2.75, 3.05) is 7.11 Å². The molecule has 0 amide bonds. The zero-order valence-corrected chi connectivity index (χ0v) is 22.5. The minimum atomic E-state index is -0.275. The van der Waals surface area contributed by atoms with Crippen LogP contribution in [0.5, 0.6) is 11.5 Å². The van der Waals surface area contributed by atoms with E-state index in [0.29, 0.717) is 17.1 Å². The summed E-state index contributed by atoms with van der Waals surface area (Å²) >= 11 is 0. The largest absolute Gasteiger partial charge is 0.497 e. The van der Waals surface area contributed by atoms with Gasteiger partial charge in [0.1, 0.15) is 11.5 Å². The molecule has 0 atom stereocenters. The highest BCUT2D eigenvalue weighted by Crippen LogP contribution is 2.48. The van der Waals surface area contributed by atoms with Crippen LogP contribution in [0, 0.1) is 11.3 Å². The second-order valence-corrected chi connectivity index (χ2v) is 9.45. The van der Waals surface area contributed by atoms with Crippen molar-refractivity contribution in [1.29, 1.82) is 0 Å². The lowest BCUT2D eigenvalue weighted by Crippen LogP contribution is -2.36. The summed E-state index contributed by atoms with van der Waals surface area (Å²) < 4.78 is 10.5. The highest BCUT2D eigenvalue weighted by atomic mass is 16.5. The third kappa shape index (κ3) is 8.21. The summed E-state index contributed by atoms with van der Waals surface area (Å²) in [5, 5.41) is 0. The number of esters is 1. The molecule has 0 aliphatic heterocycles. The maximum Gasteiger partial charge on any atom is 0.308 e. The predicted octanol–water partition coefficient (Wildman–Crippen LogP) is 8.39. The lowest BCUT2D eigenvalue weighted by atomic mass is 9.61. The van der Waals surface area contributed by atoms with Gasteiger partial charge in [0.2, 0.25) is 0 Å². The molecule has 3 nitrogen and oxygen atoms in total. The van der Waals surface area contributed by atoms with Gasteiger partial charge in [0.25, 0.3) is 0 Å². The molecule has 0 saturated heterocycles. The Balaban J connectivity index is 0.00000129. The Morgan fingerprint density at radius 3 is 1.85 bits per heavy atom. The Morgan fingerprint density at radius 2 is 1.39 bits per heavy atom. The van der Waals surface area contributed by atoms with Crippen molar-refractivity contribution < 1.29 is 14.3 Å². The number of hydrogen-bond acceptors (Lipinski definition) is 3. The molecule has 0 N–H and O–H groups in total. The van der Waals surface area contributed by atoms with Gasteiger partial charge in [-0.15, -0.1) is 0 Å². The molecule has 2 aromatic rings. The quantitative estimate of drug-likeness (QED) is 0.325. The Hall–Kier alpha value is -2.29. The number of methoxy groups -OCH3 is 1. The molecule has 3 heteroatoms. The second kappa shape index (κ2) is 13.4. The second-order valence-electron chi connectivity index (χ2n) is 9.45. The molecule has 0 radical (unpaired) electrons. The molecular formula is C30H46O3. The van der Waals surface area contributed by atoms with E-state index in [9.17, 15) is 4.79 Å². The number of rotatable bonds is 6. The van der Waals surface area contributed by atoms with Gasteiger partial charge in [0.15, 0.2) is 0 Å². The summed E-state index contributed by atoms with van der Waals surface area (Å²) in [7, 11) is 1.71. The summed E-state index contributed by atoms with van der Waals surface area (Å²) in [6.45, 7) is 16.6. The van der Waals surface area contributed by atoms with E-state index in [0.717, 1.165) is 12.2 Å². The van der Waals surface area contributed by atoms with Crippen molar-refractivity contribution >= 4 is 5.97 Å². The maximum atomic E-state index is 11.1. The molecule has 0 bridgehead atoms. The molecule has 1 saturated carbocycles. The van der Waals surface area contributed by atoms with E-state index in [1.807, 2.05) is 39.8 Å². The molecule has 184 valence electrons. The molecule has 0 aromatic heterocycles. The van der Waals surface area contributed by atoms with Gasteiger partial charge in [-0.05, 0) is 84.2 Å². The van der Waals surface area contributed by atoms with Crippen LogP contribution in [0.1, 0.15) is 92.2 Å². The topological polar surface area (TPSA) is 35.5 Å². The average molecular weight is 455 g/mol. The Kier molecular flexibility index (Phi) is 11.7. The van der Waals surface area contributed by atoms with Crippen LogP contribution in [0.4, 0.5) is 0 Å². The van der Waals surface area contributed by atoms with Gasteiger partial charge in [-0.1, -0.05) is 72.7 Å². The summed E-state index contributed by atoms with van der Waals surface area (Å²) in [5.74, 6) is 1.95. The molecule has 1 fully saturated rings. The van der Waals surface area contributed by atoms with E-state index in [2.05, 4.69) is 57.2 Å². The minimum absolute atomic E-state index is 0.166. The number of ether oxygens (including phenoxy) is 2. The van der Waals surface area contributed by atoms with Crippen molar-refractivity contribution in [3.05, 3.63) is 59.7 Å². The first-order valence-electron chi connectivity index (χ1n) is 12.6. The lowest BCUT2D eigenvalue weighted by molar-refractivity contribution is -0.131. The number of hydrogen-bond donors (Lipinski definition) is 0. The van der Waals surface area contributed by atoms with Crippen molar-refractivity contribution in [3.63, 3.8) is 0 Å². The van der Waals surface area contributed by atoms with Crippen molar-refractivity contribution in [1.82, 2.24) is 0 Å². The van der Waals surface area contributed by atoms with Crippen LogP contribution in [0.15, 0.2) is 48.5 Å². The first kappa shape index (κ1) is 28.7. The van der Waals surface area contributed by atoms with Gasteiger partial charge in [-0.3, -0.25) is 4.79 Å². The van der Waals surface area contributed by atoms with Crippen molar-refractivity contribution in [3.8, 4) is 11.5 Å². The summed E-state index contributed by atoms with van der Waals surface area (Å²) in [6.07, 6.45) is 6.05. The van der Waals surface area contributed by atoms with Gasteiger partial charge < -0.3 is 9.47 Å². The van der Waals surface area contributed by atoms with Crippen LogP contribution in [-0.2, 0) is 16.6 Å². The first-order valence-corrected chi connectivity index (χ1v) is 12.6. The lowest BCUT2D eigenvalue weighted by Gasteiger charge is -2.44. The monoisotopic (exact) mass is 454 g/mol. The molecule has 0 spiro atoms. The smallest absolute Gasteiger partial charge is 0.308 e. The van der Waals surface area contributed by atoms with Crippen LogP contribution in [0.3, 0.4) is 0 Å². The summed E-state index contributed by atoms with van der Waals surface area (Å²) in [4.78, 5) is 11.1. The fourth-order valence-electron chi connectivity index (χ4n) is 4.80. The fourth-order valence-corrected chi connectivity index (χ4v) is 4.80. The number of carbonyl (C=O) groups is 1. The maximum absolute atomic E-state index is 11.1. The third-order valence-corrected chi connectivity index (χ3v) is 6.86. The molecule has 33 heavy (non-hydrogen) atoms. The van der Waals surface area contributed by atoms with Gasteiger partial charge in [-0.25, -0.2) is 0 Å². The van der Waals surface area contributed by atoms with Crippen LogP contribution in [0.25, 0.3) is 0 Å². The molecule has 2 aromatic carbocycles. The number of benzene rings is 2. The van der Waals surface area contributed by atoms with Crippen LogP contribution < -0.4 is 9.47 Å². The van der Waals surface area contributed by atoms with Crippen LogP contribution in [-0.4, -0.2) is 13.1 Å². The zero-order valence-electron chi connectivity index (χ0n) is 22.5. The van der Waals surface area contributed by atoms with Crippen LogP contribution in [0.2, 0.25) is 0 Å². The highest BCUT2D eigenvalue weighted by molar-refractivity contribution is 5.69. The highest BCUT2D eigenvalue weighted by Gasteiger charge is 2.38. The molecule has 0 heterocycles. The first-order chi connectivity index (χ1) is 15.7. The van der Waals surface area contributed by atoms with E-state index < -0.39 is 0 Å². The predicted molar refractivity (Wildman–Crippen MR) is 140 cm³/mol. The molecule has 1 aliphatic carbocycles. The van der Waals surface area contributed by atoms with E-state index in [1.165, 1.54) is 43.7 Å². The van der Waals surface area contributed by atoms with Crippen LogP contribution >= 0.6 is 0 Å². The normalized spacial score (nSPS) is 19.8. The zero-order chi connectivity index (χ0) is 25.1. The van der Waals surface area contributed by atoms with Gasteiger partial charge in [0.05, 0.1) is 7.11 Å². The van der Waals surface area contributed by atoms with E-state index in [4.69, 9.17) is 9.47 Å². The molecular weight excluding hydrogens is 408 g/mol. The van der Waals surface area contributed by atoms with E-state index >= 15 is 0 Å². The van der Waals surface area contributed by atoms with E-state index in [1.54, 1.807) is 7.11 Å². The molecule has 0 unspecified atom stereocenters. The average Bonchev–Trinajstić information content (AvgIpc) is 2.83. The summed E-state index contributed by atoms with van der Waals surface area (Å²) in [5.41, 5.74) is 3.21. The molecule has 3 rings (SSSR count). The van der Waals surface area contributed by atoms with Crippen molar-refractivity contribution in [2.24, 2.45) is 11.3 Å². The third-order valence-electron chi connectivity index (χ3n) is 6.86. The van der Waals surface area contributed by atoms with Gasteiger partial charge in [-0.2, -0.15) is 0 Å². The van der Waals surface area contributed by atoms with Crippen molar-refractivity contribution in [2.45, 2.75) is 92.9 Å². The standard InChI is InChI=1S/C26H34O3.2C2H6/c1-19(27)29-24-10-6-20(7-11-24)18-26(4)16-14-22(15-17-26)25(2,3)21-8-12-23(28-5)13-9-21;2*1-2/h6-13,22H,14-18H2,1-5H3;2*1-2H3. The Morgan fingerprint density at radius 1 is 0.909 bits per heavy atom. The molecule has 1 aliphatic rings. The Labute approximate surface area is 202 Å². The number of carbonyl (C=O) groups excluding carboxylic acids is 1. The van der Waals surface area contributed by atoms with Gasteiger partial charge >= 0.3 is 5.97 Å².